The molecule has 1 atom stereocenters. The number of halogens is 2. The molecule has 1 N–H and O–H groups in total. The van der Waals surface area contributed by atoms with Gasteiger partial charge in [-0.3, -0.25) is 0 Å². The van der Waals surface area contributed by atoms with Gasteiger partial charge in [0.15, 0.2) is 0 Å². The highest BCUT2D eigenvalue weighted by Gasteiger charge is 2.13. The first-order valence-corrected chi connectivity index (χ1v) is 8.01. The average molecular weight is 400 g/mol. The Morgan fingerprint density at radius 3 is 2.80 bits per heavy atom. The highest BCUT2D eigenvalue weighted by atomic mass is 79.9. The van der Waals surface area contributed by atoms with Gasteiger partial charge >= 0.3 is 0 Å². The van der Waals surface area contributed by atoms with Crippen LogP contribution in [0.5, 0.6) is 11.6 Å². The van der Waals surface area contributed by atoms with Gasteiger partial charge in [0.1, 0.15) is 5.75 Å². The van der Waals surface area contributed by atoms with Crippen LogP contribution >= 0.6 is 31.9 Å². The van der Waals surface area contributed by atoms with Gasteiger partial charge in [-0.15, -0.1) is 0 Å². The normalized spacial score (nSPS) is 12.2. The van der Waals surface area contributed by atoms with Crippen LogP contribution in [0.15, 0.2) is 45.5 Å². The van der Waals surface area contributed by atoms with Crippen LogP contribution in [0, 0.1) is 0 Å². The Balaban J connectivity index is 2.29. The molecule has 2 aromatic rings. The van der Waals surface area contributed by atoms with E-state index in [1.54, 1.807) is 6.20 Å². The first-order chi connectivity index (χ1) is 9.61. The van der Waals surface area contributed by atoms with E-state index in [2.05, 4.69) is 56.0 Å². The van der Waals surface area contributed by atoms with Crippen molar-refractivity contribution >= 4 is 31.9 Å². The monoisotopic (exact) mass is 398 g/mol. The third kappa shape index (κ3) is 3.81. The van der Waals surface area contributed by atoms with Gasteiger partial charge in [-0.1, -0.05) is 28.9 Å². The molecule has 5 heteroatoms. The molecule has 0 aliphatic rings. The second-order valence-electron chi connectivity index (χ2n) is 4.35. The molecule has 3 nitrogen and oxygen atoms in total. The van der Waals surface area contributed by atoms with Crippen molar-refractivity contribution < 1.29 is 4.74 Å². The van der Waals surface area contributed by atoms with E-state index in [1.165, 1.54) is 0 Å². The Morgan fingerprint density at radius 2 is 2.10 bits per heavy atom. The first-order valence-electron chi connectivity index (χ1n) is 6.43. The summed E-state index contributed by atoms with van der Waals surface area (Å²) in [6.45, 7) is 5.08. The van der Waals surface area contributed by atoms with E-state index in [-0.39, 0.29) is 6.04 Å². The minimum Gasteiger partial charge on any atom is -0.437 e. The molecule has 2 rings (SSSR count). The second-order valence-corrected chi connectivity index (χ2v) is 6.12. The van der Waals surface area contributed by atoms with Gasteiger partial charge in [0.05, 0.1) is 4.47 Å². The third-order valence-corrected chi connectivity index (χ3v) is 3.99. The van der Waals surface area contributed by atoms with Crippen molar-refractivity contribution in [3.8, 4) is 11.6 Å². The molecule has 1 unspecified atom stereocenters. The molecular weight excluding hydrogens is 384 g/mol. The molecule has 0 radical (unpaired) electrons. The minimum atomic E-state index is 0.193. The van der Waals surface area contributed by atoms with Crippen molar-refractivity contribution in [3.05, 3.63) is 51.0 Å². The molecule has 1 aromatic carbocycles. The Kier molecular flexibility index (Phi) is 5.57. The molecule has 1 aromatic heterocycles. The van der Waals surface area contributed by atoms with E-state index in [1.807, 2.05) is 30.3 Å². The van der Waals surface area contributed by atoms with Crippen LogP contribution in [-0.2, 0) is 0 Å². The molecule has 106 valence electrons. The van der Waals surface area contributed by atoms with Crippen molar-refractivity contribution in [1.82, 2.24) is 10.3 Å². The van der Waals surface area contributed by atoms with Crippen molar-refractivity contribution in [2.75, 3.05) is 6.54 Å². The fraction of sp³-hybridized carbons (Fsp3) is 0.267. The molecule has 0 saturated carbocycles. The quantitative estimate of drug-likeness (QED) is 0.761. The maximum atomic E-state index is 5.94. The summed E-state index contributed by atoms with van der Waals surface area (Å²) in [6, 6.07) is 9.94. The number of rotatable bonds is 5. The summed E-state index contributed by atoms with van der Waals surface area (Å²) in [4.78, 5) is 4.35. The lowest BCUT2D eigenvalue weighted by atomic mass is 10.1. The van der Waals surface area contributed by atoms with E-state index in [0.717, 1.165) is 26.8 Å². The Bertz CT molecular complexity index is 590. The smallest absolute Gasteiger partial charge is 0.224 e. The number of hydrogen-bond donors (Lipinski definition) is 1. The largest absolute Gasteiger partial charge is 0.437 e. The van der Waals surface area contributed by atoms with E-state index >= 15 is 0 Å². The predicted molar refractivity (Wildman–Crippen MR) is 88.2 cm³/mol. The van der Waals surface area contributed by atoms with Gasteiger partial charge in [0.2, 0.25) is 5.88 Å². The molecule has 0 aliphatic heterocycles. The number of nitrogens with one attached hydrogen (secondary N) is 1. The summed E-state index contributed by atoms with van der Waals surface area (Å²) in [7, 11) is 0. The van der Waals surface area contributed by atoms with Gasteiger partial charge in [-0.25, -0.2) is 4.98 Å². The summed E-state index contributed by atoms with van der Waals surface area (Å²) >= 11 is 6.93. The minimum absolute atomic E-state index is 0.193. The van der Waals surface area contributed by atoms with Gasteiger partial charge in [-0.2, -0.15) is 0 Å². The van der Waals surface area contributed by atoms with E-state index in [9.17, 15) is 0 Å². The Labute approximate surface area is 136 Å². The van der Waals surface area contributed by atoms with Crippen LogP contribution in [0.1, 0.15) is 25.5 Å². The number of aromatic nitrogens is 1. The van der Waals surface area contributed by atoms with Crippen LogP contribution in [0.4, 0.5) is 0 Å². The maximum absolute atomic E-state index is 5.94. The average Bonchev–Trinajstić information content (AvgIpc) is 2.43. The van der Waals surface area contributed by atoms with Crippen LogP contribution in [-0.4, -0.2) is 11.5 Å². The van der Waals surface area contributed by atoms with Crippen molar-refractivity contribution in [2.24, 2.45) is 0 Å². The zero-order valence-electron chi connectivity index (χ0n) is 11.4. The van der Waals surface area contributed by atoms with Gasteiger partial charge < -0.3 is 10.1 Å². The summed E-state index contributed by atoms with van der Waals surface area (Å²) in [5.41, 5.74) is 1.05. The lowest BCUT2D eigenvalue weighted by Crippen LogP contribution is -2.18. The first kappa shape index (κ1) is 15.5. The number of hydrogen-bond acceptors (Lipinski definition) is 3. The van der Waals surface area contributed by atoms with Crippen molar-refractivity contribution in [3.63, 3.8) is 0 Å². The van der Waals surface area contributed by atoms with Crippen molar-refractivity contribution in [1.29, 1.82) is 0 Å². The standard InChI is InChI=1S/C15H16Br2N2O/c1-3-18-10(2)12-5-4-8-19-15(12)20-14-7-6-11(16)9-13(14)17/h4-10,18H,3H2,1-2H3. The van der Waals surface area contributed by atoms with Crippen LogP contribution in [0.25, 0.3) is 0 Å². The number of nitrogens with zero attached hydrogens (tertiary/aromatic N) is 1. The Hall–Kier alpha value is -0.910. The molecule has 0 bridgehead atoms. The molecule has 1 heterocycles. The molecular formula is C15H16Br2N2O. The summed E-state index contributed by atoms with van der Waals surface area (Å²) in [5, 5.41) is 3.37. The molecule has 0 amide bonds. The van der Waals surface area contributed by atoms with Gasteiger partial charge in [0, 0.05) is 22.3 Å². The summed E-state index contributed by atoms with van der Waals surface area (Å²) < 4.78 is 7.83. The summed E-state index contributed by atoms with van der Waals surface area (Å²) in [6.07, 6.45) is 1.74. The van der Waals surface area contributed by atoms with Crippen LogP contribution < -0.4 is 10.1 Å². The highest BCUT2D eigenvalue weighted by Crippen LogP contribution is 2.33. The van der Waals surface area contributed by atoms with E-state index < -0.39 is 0 Å². The zero-order valence-corrected chi connectivity index (χ0v) is 14.5. The Morgan fingerprint density at radius 1 is 1.30 bits per heavy atom. The SMILES string of the molecule is CCNC(C)c1cccnc1Oc1ccc(Br)cc1Br. The van der Waals surface area contributed by atoms with Crippen LogP contribution in [0.3, 0.4) is 0 Å². The fourth-order valence-corrected chi connectivity index (χ4v) is 3.02. The van der Waals surface area contributed by atoms with Gasteiger partial charge in [0.25, 0.3) is 0 Å². The van der Waals surface area contributed by atoms with Crippen LogP contribution in [0.2, 0.25) is 0 Å². The maximum Gasteiger partial charge on any atom is 0.224 e. The van der Waals surface area contributed by atoms with E-state index in [4.69, 9.17) is 4.74 Å². The topological polar surface area (TPSA) is 34.2 Å². The molecule has 0 aliphatic carbocycles. The lowest BCUT2D eigenvalue weighted by Gasteiger charge is -2.16. The predicted octanol–water partition coefficient (Wildman–Crippen LogP) is 5.07. The molecule has 0 spiro atoms. The second kappa shape index (κ2) is 7.20. The number of ether oxygens (including phenoxy) is 1. The number of benzene rings is 1. The third-order valence-electron chi connectivity index (χ3n) is 2.88. The highest BCUT2D eigenvalue weighted by molar-refractivity contribution is 9.11. The molecule has 0 saturated heterocycles. The van der Waals surface area contributed by atoms with Gasteiger partial charge in [-0.05, 0) is 53.7 Å². The number of pyridine rings is 1. The van der Waals surface area contributed by atoms with E-state index in [0.29, 0.717) is 5.88 Å². The van der Waals surface area contributed by atoms with Crippen molar-refractivity contribution in [2.45, 2.75) is 19.9 Å². The molecule has 0 fully saturated rings. The summed E-state index contributed by atoms with van der Waals surface area (Å²) in [5.74, 6) is 1.38. The lowest BCUT2D eigenvalue weighted by molar-refractivity contribution is 0.441. The molecule has 20 heavy (non-hydrogen) atoms. The fourth-order valence-electron chi connectivity index (χ4n) is 1.90. The zero-order chi connectivity index (χ0) is 14.5.